The number of carbonyl (C=O) groups is 1. The zero-order chi connectivity index (χ0) is 20.7. The average Bonchev–Trinajstić information content (AvgIpc) is 2.63. The largest absolute Gasteiger partial charge is 0.399 e. The van der Waals surface area contributed by atoms with Crippen molar-refractivity contribution in [2.75, 3.05) is 17.6 Å². The highest BCUT2D eigenvalue weighted by molar-refractivity contribution is 7.89. The molecule has 0 unspecified atom stereocenters. The Kier molecular flexibility index (Phi) is 7.00. The molecule has 2 rings (SSSR count). The summed E-state index contributed by atoms with van der Waals surface area (Å²) in [7, 11) is -3.72. The number of anilines is 2. The third-order valence-corrected chi connectivity index (χ3v) is 4.90. The van der Waals surface area contributed by atoms with Crippen LogP contribution >= 0.6 is 11.6 Å². The minimum atomic E-state index is -3.72. The van der Waals surface area contributed by atoms with E-state index in [0.717, 1.165) is 5.56 Å². The van der Waals surface area contributed by atoms with Gasteiger partial charge in [-0.3, -0.25) is 4.79 Å². The highest BCUT2D eigenvalue weighted by atomic mass is 35.5. The number of amides is 1. The summed E-state index contributed by atoms with van der Waals surface area (Å²) in [6.45, 7) is 0.426. The van der Waals surface area contributed by atoms with Crippen LogP contribution in [0.5, 0.6) is 0 Å². The summed E-state index contributed by atoms with van der Waals surface area (Å²) >= 11 is 6.00. The molecule has 0 spiro atoms. The zero-order valence-electron chi connectivity index (χ0n) is 14.6. The van der Waals surface area contributed by atoms with Crippen molar-refractivity contribution in [1.29, 1.82) is 5.26 Å². The van der Waals surface area contributed by atoms with E-state index < -0.39 is 15.9 Å². The Morgan fingerprint density at radius 3 is 2.46 bits per heavy atom. The fraction of sp³-hybridized carbons (Fsp3) is 0.111. The van der Waals surface area contributed by atoms with E-state index in [-0.39, 0.29) is 15.5 Å². The Morgan fingerprint density at radius 1 is 1.21 bits per heavy atom. The SMILES string of the molecule is N#C/C(=C/NCCc1ccc(S(N)(=O)=O)cc1)C(=O)Nc1ccc(N)cc1Cl. The molecule has 0 radical (unpaired) electrons. The molecule has 0 aliphatic heterocycles. The van der Waals surface area contributed by atoms with Gasteiger partial charge in [-0.15, -0.1) is 0 Å². The van der Waals surface area contributed by atoms with Gasteiger partial charge in [0.05, 0.1) is 15.6 Å². The van der Waals surface area contributed by atoms with Gasteiger partial charge < -0.3 is 16.4 Å². The van der Waals surface area contributed by atoms with Crippen molar-refractivity contribution >= 4 is 38.9 Å². The van der Waals surface area contributed by atoms with Gasteiger partial charge in [-0.25, -0.2) is 13.6 Å². The Balaban J connectivity index is 1.92. The Labute approximate surface area is 167 Å². The van der Waals surface area contributed by atoms with Gasteiger partial charge in [-0.1, -0.05) is 23.7 Å². The van der Waals surface area contributed by atoms with E-state index in [1.807, 2.05) is 6.07 Å². The van der Waals surface area contributed by atoms with Crippen molar-refractivity contribution in [2.45, 2.75) is 11.3 Å². The van der Waals surface area contributed by atoms with Crippen LogP contribution in [0.3, 0.4) is 0 Å². The van der Waals surface area contributed by atoms with Crippen LogP contribution in [0, 0.1) is 11.3 Å². The molecule has 2 aromatic carbocycles. The molecule has 8 nitrogen and oxygen atoms in total. The number of benzene rings is 2. The number of nitrogens with zero attached hydrogens (tertiary/aromatic N) is 1. The van der Waals surface area contributed by atoms with Crippen molar-refractivity contribution in [1.82, 2.24) is 5.32 Å². The number of carbonyl (C=O) groups excluding carboxylic acids is 1. The highest BCUT2D eigenvalue weighted by Gasteiger charge is 2.11. The topological polar surface area (TPSA) is 151 Å². The molecule has 146 valence electrons. The average molecular weight is 420 g/mol. The van der Waals surface area contributed by atoms with Crippen LogP contribution in [0.25, 0.3) is 0 Å². The van der Waals surface area contributed by atoms with E-state index >= 15 is 0 Å². The second-order valence-corrected chi connectivity index (χ2v) is 7.72. The molecule has 0 aromatic heterocycles. The van der Waals surface area contributed by atoms with Gasteiger partial charge in [0.25, 0.3) is 5.91 Å². The van der Waals surface area contributed by atoms with Crippen molar-refractivity contribution in [3.8, 4) is 6.07 Å². The second-order valence-electron chi connectivity index (χ2n) is 5.76. The molecule has 28 heavy (non-hydrogen) atoms. The minimum Gasteiger partial charge on any atom is -0.399 e. The van der Waals surface area contributed by atoms with Crippen LogP contribution in [0.15, 0.2) is 59.1 Å². The smallest absolute Gasteiger partial charge is 0.267 e. The molecule has 0 heterocycles. The highest BCUT2D eigenvalue weighted by Crippen LogP contribution is 2.24. The number of nitrogen functional groups attached to an aromatic ring is 1. The van der Waals surface area contributed by atoms with Gasteiger partial charge >= 0.3 is 0 Å². The lowest BCUT2D eigenvalue weighted by atomic mass is 10.1. The van der Waals surface area contributed by atoms with Crippen LogP contribution in [0.4, 0.5) is 11.4 Å². The summed E-state index contributed by atoms with van der Waals surface area (Å²) < 4.78 is 22.4. The first-order valence-electron chi connectivity index (χ1n) is 8.02. The van der Waals surface area contributed by atoms with Crippen molar-refractivity contribution in [3.63, 3.8) is 0 Å². The van der Waals surface area contributed by atoms with Gasteiger partial charge in [0, 0.05) is 18.4 Å². The summed E-state index contributed by atoms with van der Waals surface area (Å²) in [6.07, 6.45) is 1.85. The molecule has 0 aliphatic rings. The molecule has 0 atom stereocenters. The number of primary sulfonamides is 1. The van der Waals surface area contributed by atoms with Crippen molar-refractivity contribution in [3.05, 3.63) is 64.8 Å². The third kappa shape index (κ3) is 5.99. The number of hydrogen-bond donors (Lipinski definition) is 4. The minimum absolute atomic E-state index is 0.0360. The first-order valence-corrected chi connectivity index (χ1v) is 9.95. The van der Waals surface area contributed by atoms with Crippen molar-refractivity contribution in [2.24, 2.45) is 5.14 Å². The molecule has 6 N–H and O–H groups in total. The Bertz CT molecular complexity index is 1040. The maximum atomic E-state index is 12.2. The summed E-state index contributed by atoms with van der Waals surface area (Å²) in [4.78, 5) is 12.2. The predicted molar refractivity (Wildman–Crippen MR) is 108 cm³/mol. The molecule has 10 heteroatoms. The monoisotopic (exact) mass is 419 g/mol. The maximum Gasteiger partial charge on any atom is 0.267 e. The van der Waals surface area contributed by atoms with E-state index in [4.69, 9.17) is 22.5 Å². The molecule has 1 amide bonds. The number of halogens is 1. The molecule has 0 aliphatic carbocycles. The first-order chi connectivity index (χ1) is 13.2. The number of nitrogens with one attached hydrogen (secondary N) is 2. The first kappa shape index (κ1) is 21.2. The van der Waals surface area contributed by atoms with Gasteiger partial charge in [-0.2, -0.15) is 5.26 Å². The van der Waals surface area contributed by atoms with Crippen molar-refractivity contribution < 1.29 is 13.2 Å². The Morgan fingerprint density at radius 2 is 1.89 bits per heavy atom. The van der Waals surface area contributed by atoms with Gasteiger partial charge in [-0.05, 0) is 42.3 Å². The van der Waals surface area contributed by atoms with Crippen LogP contribution in [0.1, 0.15) is 5.56 Å². The quantitative estimate of drug-likeness (QED) is 0.232. The number of rotatable bonds is 7. The number of sulfonamides is 1. The zero-order valence-corrected chi connectivity index (χ0v) is 16.2. The molecule has 0 saturated heterocycles. The number of hydrogen-bond acceptors (Lipinski definition) is 6. The van der Waals surface area contributed by atoms with Crippen LogP contribution < -0.4 is 21.5 Å². The van der Waals surface area contributed by atoms with E-state index in [1.54, 1.807) is 24.3 Å². The van der Waals surface area contributed by atoms with E-state index in [9.17, 15) is 18.5 Å². The van der Waals surface area contributed by atoms with Crippen LogP contribution in [-0.4, -0.2) is 20.9 Å². The molecule has 0 fully saturated rings. The lowest BCUT2D eigenvalue weighted by Gasteiger charge is -2.08. The summed E-state index contributed by atoms with van der Waals surface area (Å²) in [5, 5.41) is 19.9. The van der Waals surface area contributed by atoms with Gasteiger partial charge in [0.2, 0.25) is 10.0 Å². The van der Waals surface area contributed by atoms with Crippen LogP contribution in [-0.2, 0) is 21.2 Å². The van der Waals surface area contributed by atoms with Gasteiger partial charge in [0.15, 0.2) is 0 Å². The third-order valence-electron chi connectivity index (χ3n) is 3.66. The predicted octanol–water partition coefficient (Wildman–Crippen LogP) is 1.75. The molecular weight excluding hydrogens is 402 g/mol. The Hall–Kier alpha value is -3.06. The fourth-order valence-electron chi connectivity index (χ4n) is 2.21. The lowest BCUT2D eigenvalue weighted by molar-refractivity contribution is -0.112. The summed E-state index contributed by atoms with van der Waals surface area (Å²) in [5.41, 5.74) is 7.13. The summed E-state index contributed by atoms with van der Waals surface area (Å²) in [6, 6.07) is 12.6. The van der Waals surface area contributed by atoms with Gasteiger partial charge in [0.1, 0.15) is 11.6 Å². The molecule has 0 bridgehead atoms. The summed E-state index contributed by atoms with van der Waals surface area (Å²) in [5.74, 6) is -0.612. The number of nitrogens with two attached hydrogens (primary N) is 2. The van der Waals surface area contributed by atoms with E-state index in [0.29, 0.717) is 24.3 Å². The second kappa shape index (κ2) is 9.23. The normalized spacial score (nSPS) is 11.5. The maximum absolute atomic E-state index is 12.2. The van der Waals surface area contributed by atoms with E-state index in [1.165, 1.54) is 24.4 Å². The molecular formula is C18H18ClN5O3S. The lowest BCUT2D eigenvalue weighted by Crippen LogP contribution is -2.18. The van der Waals surface area contributed by atoms with Crippen LogP contribution in [0.2, 0.25) is 5.02 Å². The molecule has 2 aromatic rings. The molecule has 0 saturated carbocycles. The van der Waals surface area contributed by atoms with E-state index in [2.05, 4.69) is 10.6 Å². The fourth-order valence-corrected chi connectivity index (χ4v) is 2.96. The standard InChI is InChI=1S/C18H18ClN5O3S/c19-16-9-14(21)3-6-17(16)24-18(25)13(10-20)11-23-8-7-12-1-4-15(5-2-12)28(22,26)27/h1-6,9,11,23H,7-8,21H2,(H,24,25)(H2,22,26,27)/b13-11-. The number of nitriles is 1.